The number of H-pyrrole nitrogens is 1. The Morgan fingerprint density at radius 3 is 3.06 bits per heavy atom. The van der Waals surface area contributed by atoms with Gasteiger partial charge in [0.15, 0.2) is 0 Å². The van der Waals surface area contributed by atoms with E-state index < -0.39 is 0 Å². The normalized spacial score (nSPS) is 20.1. The fraction of sp³-hybridized carbons (Fsp3) is 0.500. The highest BCUT2D eigenvalue weighted by Gasteiger charge is 2.43. The number of aryl methyl sites for hydroxylation is 2. The van der Waals surface area contributed by atoms with Gasteiger partial charge in [-0.1, -0.05) is 0 Å². The molecule has 0 unspecified atom stereocenters. The van der Waals surface area contributed by atoms with Crippen molar-refractivity contribution in [1.82, 2.24) is 9.97 Å². The molecule has 0 saturated carbocycles. The molecule has 4 rings (SSSR count). The molecule has 6 heteroatoms. The lowest BCUT2D eigenvalue weighted by Gasteiger charge is -2.44. The topological polar surface area (TPSA) is 55.0 Å². The van der Waals surface area contributed by atoms with Gasteiger partial charge in [-0.2, -0.15) is 0 Å². The minimum atomic E-state index is -0.0737. The number of rotatable bonds is 0. The van der Waals surface area contributed by atoms with Crippen molar-refractivity contribution in [3.05, 3.63) is 21.1 Å². The van der Waals surface area contributed by atoms with Gasteiger partial charge in [0.25, 0.3) is 5.56 Å². The van der Waals surface area contributed by atoms with E-state index in [9.17, 15) is 4.79 Å². The van der Waals surface area contributed by atoms with E-state index in [2.05, 4.69) is 17.2 Å². The van der Waals surface area contributed by atoms with E-state index >= 15 is 0 Å². The second-order valence-electron chi connectivity index (χ2n) is 5.17. The van der Waals surface area contributed by atoms with Crippen LogP contribution in [0.3, 0.4) is 0 Å². The Morgan fingerprint density at radius 2 is 2.33 bits per heavy atom. The summed E-state index contributed by atoms with van der Waals surface area (Å²) in [5.74, 6) is 1.46. The van der Waals surface area contributed by atoms with E-state index in [1.807, 2.05) is 6.92 Å². The predicted molar refractivity (Wildman–Crippen MR) is 72.0 cm³/mol. The molecule has 2 aromatic rings. The molecular weight excluding hydrogens is 247 g/mol. The lowest BCUT2D eigenvalue weighted by atomic mass is 9.47. The van der Waals surface area contributed by atoms with Crippen molar-refractivity contribution in [3.8, 4) is 5.75 Å². The molecule has 1 spiro atoms. The summed E-state index contributed by atoms with van der Waals surface area (Å²) in [6.45, 7) is 1.81. The smallest absolute Gasteiger partial charge is 0.263 e. The summed E-state index contributed by atoms with van der Waals surface area (Å²) in [4.78, 5) is 21.2. The van der Waals surface area contributed by atoms with Gasteiger partial charge < -0.3 is 9.72 Å². The van der Waals surface area contributed by atoms with Crippen LogP contribution in [0.1, 0.15) is 17.1 Å². The first-order valence-corrected chi connectivity index (χ1v) is 7.02. The number of hydrogen-bond donors (Lipinski definition) is 1. The van der Waals surface area contributed by atoms with E-state index in [4.69, 9.17) is 4.74 Å². The maximum atomic E-state index is 12.1. The minimum absolute atomic E-state index is 0.0294. The first-order chi connectivity index (χ1) is 8.67. The van der Waals surface area contributed by atoms with Crippen molar-refractivity contribution in [3.63, 3.8) is 0 Å². The van der Waals surface area contributed by atoms with E-state index in [0.717, 1.165) is 36.1 Å². The van der Waals surface area contributed by atoms with E-state index in [0.29, 0.717) is 11.2 Å². The second kappa shape index (κ2) is 3.38. The van der Waals surface area contributed by atoms with Gasteiger partial charge in [0.05, 0.1) is 5.60 Å². The highest BCUT2D eigenvalue weighted by Crippen LogP contribution is 2.47. The average Bonchev–Trinajstić information content (AvgIpc) is 2.63. The predicted octanol–water partition coefficient (Wildman–Crippen LogP) is 1.91. The van der Waals surface area contributed by atoms with Crippen LogP contribution >= 0.6 is 11.3 Å². The molecule has 1 radical (unpaired) electrons. The monoisotopic (exact) mass is 259 g/mol. The van der Waals surface area contributed by atoms with Gasteiger partial charge >= 0.3 is 0 Å². The highest BCUT2D eigenvalue weighted by molar-refractivity contribution is 7.19. The van der Waals surface area contributed by atoms with Gasteiger partial charge in [-0.05, 0) is 32.4 Å². The molecule has 0 amide bonds. The molecule has 1 N–H and O–H groups in total. The third kappa shape index (κ3) is 1.32. The van der Waals surface area contributed by atoms with Gasteiger partial charge in [-0.3, -0.25) is 4.79 Å². The molecule has 1 saturated heterocycles. The van der Waals surface area contributed by atoms with Crippen LogP contribution in [-0.4, -0.2) is 22.8 Å². The van der Waals surface area contributed by atoms with Gasteiger partial charge in [0.1, 0.15) is 29.1 Å². The number of nitrogens with one attached hydrogen (secondary N) is 1. The standard InChI is InChI=1S/C12H12BN2O2S/c1-6-14-10(16)8-9-7(18-11(8)15-6)2-3-12(17-9)4-13-5-12/h2-5H2,1H3,(H,14,15,16). The Bertz CT molecular complexity index is 702. The fourth-order valence-electron chi connectivity index (χ4n) is 2.77. The van der Waals surface area contributed by atoms with Crippen LogP contribution in [0.25, 0.3) is 10.2 Å². The molecule has 1 fully saturated rings. The summed E-state index contributed by atoms with van der Waals surface area (Å²) in [6.07, 6.45) is 4.06. The summed E-state index contributed by atoms with van der Waals surface area (Å²) in [7, 11) is 2.24. The molecule has 0 aromatic carbocycles. The quantitative estimate of drug-likeness (QED) is 0.735. The summed E-state index contributed by atoms with van der Waals surface area (Å²) < 4.78 is 6.15. The SMILES string of the molecule is Cc1nc2sc3c(c2c(=O)[nH]1)OC1(C[B]C1)CC3. The van der Waals surface area contributed by atoms with Crippen molar-refractivity contribution in [2.24, 2.45) is 0 Å². The highest BCUT2D eigenvalue weighted by atomic mass is 32.1. The number of aromatic amines is 1. The van der Waals surface area contributed by atoms with Crippen molar-refractivity contribution < 1.29 is 4.74 Å². The first-order valence-electron chi connectivity index (χ1n) is 6.20. The molecule has 4 heterocycles. The summed E-state index contributed by atoms with van der Waals surface area (Å²) in [5.41, 5.74) is -0.103. The lowest BCUT2D eigenvalue weighted by Crippen LogP contribution is -2.48. The Hall–Kier alpha value is -1.30. The van der Waals surface area contributed by atoms with Crippen molar-refractivity contribution in [2.75, 3.05) is 0 Å². The third-order valence-corrected chi connectivity index (χ3v) is 4.99. The molecular formula is C12H12BN2O2S. The first kappa shape index (κ1) is 10.6. The number of hydrogen-bond acceptors (Lipinski definition) is 4. The van der Waals surface area contributed by atoms with Gasteiger partial charge in [0, 0.05) is 4.88 Å². The van der Waals surface area contributed by atoms with Crippen LogP contribution in [0, 0.1) is 6.92 Å². The summed E-state index contributed by atoms with van der Waals surface area (Å²) in [6, 6.07) is 0. The molecule has 4 nitrogen and oxygen atoms in total. The third-order valence-electron chi connectivity index (χ3n) is 3.86. The molecule has 2 aliphatic rings. The van der Waals surface area contributed by atoms with Crippen molar-refractivity contribution in [1.29, 1.82) is 0 Å². The van der Waals surface area contributed by atoms with Gasteiger partial charge in [-0.15, -0.1) is 11.3 Å². The lowest BCUT2D eigenvalue weighted by molar-refractivity contribution is 0.0716. The largest absolute Gasteiger partial charge is 0.487 e. The Balaban J connectivity index is 1.95. The number of fused-ring (bicyclic) bond motifs is 3. The number of ether oxygens (including phenoxy) is 1. The maximum Gasteiger partial charge on any atom is 0.263 e. The van der Waals surface area contributed by atoms with Crippen LogP contribution in [0.15, 0.2) is 4.79 Å². The molecule has 0 aliphatic carbocycles. The van der Waals surface area contributed by atoms with E-state index in [1.54, 1.807) is 11.3 Å². The number of thiophene rings is 1. The fourth-order valence-corrected chi connectivity index (χ4v) is 3.92. The van der Waals surface area contributed by atoms with Crippen molar-refractivity contribution >= 4 is 28.8 Å². The number of nitrogens with zero attached hydrogens (tertiary/aromatic N) is 1. The van der Waals surface area contributed by atoms with Crippen LogP contribution in [0.5, 0.6) is 5.75 Å². The Labute approximate surface area is 109 Å². The summed E-state index contributed by atoms with van der Waals surface area (Å²) >= 11 is 1.60. The van der Waals surface area contributed by atoms with Crippen LogP contribution < -0.4 is 10.3 Å². The molecule has 2 aromatic heterocycles. The molecule has 0 bridgehead atoms. The van der Waals surface area contributed by atoms with Gasteiger partial charge in [-0.25, -0.2) is 4.98 Å². The van der Waals surface area contributed by atoms with Crippen molar-refractivity contribution in [2.45, 2.75) is 38.0 Å². The van der Waals surface area contributed by atoms with E-state index in [1.165, 1.54) is 4.88 Å². The summed E-state index contributed by atoms with van der Waals surface area (Å²) in [5, 5.41) is 0.645. The molecule has 2 aliphatic heterocycles. The van der Waals surface area contributed by atoms with Crippen LogP contribution in [-0.2, 0) is 6.42 Å². The molecule has 18 heavy (non-hydrogen) atoms. The zero-order chi connectivity index (χ0) is 12.3. The van der Waals surface area contributed by atoms with E-state index in [-0.39, 0.29) is 11.2 Å². The Morgan fingerprint density at radius 1 is 1.50 bits per heavy atom. The minimum Gasteiger partial charge on any atom is -0.487 e. The van der Waals surface area contributed by atoms with Crippen LogP contribution in [0.2, 0.25) is 12.6 Å². The molecule has 0 atom stereocenters. The van der Waals surface area contributed by atoms with Crippen LogP contribution in [0.4, 0.5) is 0 Å². The van der Waals surface area contributed by atoms with Gasteiger partial charge in [0.2, 0.25) is 0 Å². The molecule has 91 valence electrons. The average molecular weight is 259 g/mol. The number of aromatic nitrogens is 2. The maximum absolute atomic E-state index is 12.1. The zero-order valence-corrected chi connectivity index (χ0v) is 10.9. The Kier molecular flexibility index (Phi) is 1.99. The second-order valence-corrected chi connectivity index (χ2v) is 6.25. The zero-order valence-electron chi connectivity index (χ0n) is 10.1.